The van der Waals surface area contributed by atoms with E-state index in [0.717, 1.165) is 5.56 Å². The molecular weight excluding hydrogens is 176 g/mol. The summed E-state index contributed by atoms with van der Waals surface area (Å²) in [7, 11) is 0. The van der Waals surface area contributed by atoms with Crippen LogP contribution in [0.5, 0.6) is 0 Å². The Morgan fingerprint density at radius 3 is 2.43 bits per heavy atom. The fourth-order valence-corrected chi connectivity index (χ4v) is 1.51. The van der Waals surface area contributed by atoms with E-state index in [2.05, 4.69) is 6.58 Å². The normalized spacial score (nSPS) is 17.1. The van der Waals surface area contributed by atoms with E-state index in [-0.39, 0.29) is 0 Å². The third-order valence-corrected chi connectivity index (χ3v) is 2.53. The minimum Gasteiger partial charge on any atom is -0.386 e. The molecule has 76 valence electrons. The summed E-state index contributed by atoms with van der Waals surface area (Å²) in [6, 6.07) is 9.16. The van der Waals surface area contributed by atoms with E-state index in [1.807, 2.05) is 25.1 Å². The molecule has 1 aromatic rings. The van der Waals surface area contributed by atoms with Gasteiger partial charge in [0.15, 0.2) is 0 Å². The van der Waals surface area contributed by atoms with Crippen LogP contribution in [0.2, 0.25) is 0 Å². The largest absolute Gasteiger partial charge is 0.386 e. The molecule has 0 aliphatic heterocycles. The molecule has 0 amide bonds. The molecule has 0 aliphatic rings. The number of rotatable bonds is 4. The Kier molecular flexibility index (Phi) is 3.44. The van der Waals surface area contributed by atoms with Gasteiger partial charge in [0.1, 0.15) is 11.7 Å². The molecule has 2 nitrogen and oxygen atoms in total. The number of hydrogen-bond acceptors (Lipinski definition) is 2. The Hall–Kier alpha value is -1.12. The van der Waals surface area contributed by atoms with Gasteiger partial charge in [-0.15, -0.1) is 6.58 Å². The first-order valence-electron chi connectivity index (χ1n) is 4.73. The molecule has 0 heterocycles. The minimum atomic E-state index is -1.22. The highest BCUT2D eigenvalue weighted by Crippen LogP contribution is 2.28. The van der Waals surface area contributed by atoms with Gasteiger partial charge in [0.25, 0.3) is 0 Å². The second-order valence-electron chi connectivity index (χ2n) is 3.32. The van der Waals surface area contributed by atoms with Crippen molar-refractivity contribution in [1.82, 2.24) is 0 Å². The summed E-state index contributed by atoms with van der Waals surface area (Å²) >= 11 is 0. The van der Waals surface area contributed by atoms with Crippen molar-refractivity contribution >= 4 is 0 Å². The zero-order valence-corrected chi connectivity index (χ0v) is 8.35. The summed E-state index contributed by atoms with van der Waals surface area (Å²) in [5, 5.41) is 19.9. The van der Waals surface area contributed by atoms with Gasteiger partial charge in [-0.05, 0) is 12.0 Å². The Bertz CT molecular complexity index is 294. The maximum Gasteiger partial charge on any atom is 0.119 e. The Balaban J connectivity index is 3.07. The van der Waals surface area contributed by atoms with E-state index >= 15 is 0 Å². The molecule has 0 aliphatic carbocycles. The maximum absolute atomic E-state index is 10.2. The molecule has 0 radical (unpaired) electrons. The second kappa shape index (κ2) is 4.40. The van der Waals surface area contributed by atoms with Gasteiger partial charge in [0, 0.05) is 0 Å². The topological polar surface area (TPSA) is 40.5 Å². The van der Waals surface area contributed by atoms with Gasteiger partial charge in [-0.25, -0.2) is 0 Å². The van der Waals surface area contributed by atoms with Crippen molar-refractivity contribution in [3.63, 3.8) is 0 Å². The van der Waals surface area contributed by atoms with Crippen molar-refractivity contribution in [2.24, 2.45) is 0 Å². The summed E-state index contributed by atoms with van der Waals surface area (Å²) in [4.78, 5) is 0. The van der Waals surface area contributed by atoms with Crippen molar-refractivity contribution < 1.29 is 10.2 Å². The van der Waals surface area contributed by atoms with E-state index in [1.54, 1.807) is 12.1 Å². The summed E-state index contributed by atoms with van der Waals surface area (Å²) in [6.07, 6.45) is 0.871. The summed E-state index contributed by atoms with van der Waals surface area (Å²) in [6.45, 7) is 5.32. The monoisotopic (exact) mass is 192 g/mol. The zero-order valence-electron chi connectivity index (χ0n) is 8.35. The van der Waals surface area contributed by atoms with E-state index in [0.29, 0.717) is 6.42 Å². The quantitative estimate of drug-likeness (QED) is 0.714. The lowest BCUT2D eigenvalue weighted by molar-refractivity contribution is -0.0602. The molecule has 0 fully saturated rings. The first-order valence-corrected chi connectivity index (χ1v) is 4.73. The van der Waals surface area contributed by atoms with E-state index in [1.165, 1.54) is 6.08 Å². The second-order valence-corrected chi connectivity index (χ2v) is 3.32. The lowest BCUT2D eigenvalue weighted by atomic mass is 9.86. The predicted molar refractivity (Wildman–Crippen MR) is 56.8 cm³/mol. The van der Waals surface area contributed by atoms with Crippen molar-refractivity contribution in [2.75, 3.05) is 0 Å². The molecule has 1 rings (SSSR count). The summed E-state index contributed by atoms with van der Waals surface area (Å²) in [5.74, 6) is 0. The van der Waals surface area contributed by atoms with Crippen LogP contribution in [0.1, 0.15) is 18.9 Å². The first-order chi connectivity index (χ1) is 6.65. The SMILES string of the molecule is C=C[C@H](O)[C@@](O)(CC)c1ccccc1. The van der Waals surface area contributed by atoms with Crippen LogP contribution in [0.3, 0.4) is 0 Å². The minimum absolute atomic E-state index is 0.449. The molecule has 2 N–H and O–H groups in total. The number of benzene rings is 1. The molecule has 0 saturated carbocycles. The highest BCUT2D eigenvalue weighted by molar-refractivity contribution is 5.25. The lowest BCUT2D eigenvalue weighted by Crippen LogP contribution is -2.37. The summed E-state index contributed by atoms with van der Waals surface area (Å²) < 4.78 is 0. The van der Waals surface area contributed by atoms with Gasteiger partial charge in [-0.1, -0.05) is 43.3 Å². The molecular formula is C12H16O2. The van der Waals surface area contributed by atoms with Crippen LogP contribution < -0.4 is 0 Å². The van der Waals surface area contributed by atoms with Gasteiger partial charge >= 0.3 is 0 Å². The van der Waals surface area contributed by atoms with Crippen molar-refractivity contribution in [3.8, 4) is 0 Å². The Morgan fingerprint density at radius 2 is 2.00 bits per heavy atom. The standard InChI is InChI=1S/C12H16O2/c1-3-11(13)12(14,4-2)10-8-6-5-7-9-10/h3,5-9,11,13-14H,1,4H2,2H3/t11-,12+/m0/s1. The number of hydrogen-bond donors (Lipinski definition) is 2. The highest BCUT2D eigenvalue weighted by atomic mass is 16.3. The van der Waals surface area contributed by atoms with E-state index in [9.17, 15) is 10.2 Å². The molecule has 0 saturated heterocycles. The van der Waals surface area contributed by atoms with Crippen LogP contribution in [0.4, 0.5) is 0 Å². The van der Waals surface area contributed by atoms with Crippen LogP contribution >= 0.6 is 0 Å². The average molecular weight is 192 g/mol. The van der Waals surface area contributed by atoms with Crippen LogP contribution in [0, 0.1) is 0 Å². The zero-order chi connectivity index (χ0) is 10.6. The lowest BCUT2D eigenvalue weighted by Gasteiger charge is -2.30. The molecule has 0 bridgehead atoms. The molecule has 2 atom stereocenters. The van der Waals surface area contributed by atoms with Crippen LogP contribution in [-0.4, -0.2) is 16.3 Å². The Morgan fingerprint density at radius 1 is 1.43 bits per heavy atom. The predicted octanol–water partition coefficient (Wildman–Crippen LogP) is 1.83. The van der Waals surface area contributed by atoms with Gasteiger partial charge in [0.2, 0.25) is 0 Å². The number of aliphatic hydroxyl groups excluding tert-OH is 1. The van der Waals surface area contributed by atoms with Gasteiger partial charge < -0.3 is 10.2 Å². The average Bonchev–Trinajstić information content (AvgIpc) is 2.28. The molecule has 2 heteroatoms. The van der Waals surface area contributed by atoms with Crippen molar-refractivity contribution in [1.29, 1.82) is 0 Å². The van der Waals surface area contributed by atoms with E-state index in [4.69, 9.17) is 0 Å². The Labute approximate surface area is 84.5 Å². The molecule has 1 aromatic carbocycles. The summed E-state index contributed by atoms with van der Waals surface area (Å²) in [5.41, 5.74) is -0.502. The third-order valence-electron chi connectivity index (χ3n) is 2.53. The van der Waals surface area contributed by atoms with Crippen LogP contribution in [0.15, 0.2) is 43.0 Å². The fourth-order valence-electron chi connectivity index (χ4n) is 1.51. The van der Waals surface area contributed by atoms with Crippen LogP contribution in [-0.2, 0) is 5.60 Å². The van der Waals surface area contributed by atoms with Gasteiger partial charge in [-0.2, -0.15) is 0 Å². The third kappa shape index (κ3) is 1.86. The van der Waals surface area contributed by atoms with Crippen LogP contribution in [0.25, 0.3) is 0 Å². The molecule has 14 heavy (non-hydrogen) atoms. The number of aliphatic hydroxyl groups is 2. The van der Waals surface area contributed by atoms with E-state index < -0.39 is 11.7 Å². The van der Waals surface area contributed by atoms with Gasteiger partial charge in [0.05, 0.1) is 0 Å². The maximum atomic E-state index is 10.2. The first kappa shape index (κ1) is 11.0. The fraction of sp³-hybridized carbons (Fsp3) is 0.333. The molecule has 0 unspecified atom stereocenters. The highest BCUT2D eigenvalue weighted by Gasteiger charge is 2.33. The smallest absolute Gasteiger partial charge is 0.119 e. The van der Waals surface area contributed by atoms with Crippen molar-refractivity contribution in [2.45, 2.75) is 25.0 Å². The van der Waals surface area contributed by atoms with Gasteiger partial charge in [-0.3, -0.25) is 0 Å². The molecule has 0 spiro atoms. The molecule has 0 aromatic heterocycles. The van der Waals surface area contributed by atoms with Crippen molar-refractivity contribution in [3.05, 3.63) is 48.6 Å².